The molecule has 0 aliphatic rings. The minimum Gasteiger partial charge on any atom is -0.329 e. The number of halogens is 1. The summed E-state index contributed by atoms with van der Waals surface area (Å²) in [7, 11) is 0. The largest absolute Gasteiger partial charge is 0.329 e. The fraction of sp³-hybridized carbons (Fsp3) is 0.231. The topological polar surface area (TPSA) is 51.8 Å². The van der Waals surface area contributed by atoms with Crippen LogP contribution < -0.4 is 5.73 Å². The maximum Gasteiger partial charge on any atom is 0.126 e. The lowest BCUT2D eigenvalue weighted by Crippen LogP contribution is -2.15. The molecule has 2 N–H and O–H groups in total. The normalized spacial score (nSPS) is 12.4. The van der Waals surface area contributed by atoms with Crippen LogP contribution in [0.1, 0.15) is 22.7 Å². The molecule has 0 saturated heterocycles. The van der Waals surface area contributed by atoms with Crippen LogP contribution in [0.5, 0.6) is 0 Å². The molecule has 0 bridgehead atoms. The molecule has 88 valence electrons. The summed E-state index contributed by atoms with van der Waals surface area (Å²) in [5.74, 6) is -0.244. The van der Waals surface area contributed by atoms with Gasteiger partial charge in [-0.1, -0.05) is 12.1 Å². The standard InChI is InChI=1S/C13H14FN3/c1-9-7-10(4-5-12(9)14)11(8-15)13-3-2-6-16-17-13/h2-7,11H,8,15H2,1H3. The number of benzene rings is 1. The molecule has 0 aliphatic carbocycles. The predicted molar refractivity (Wildman–Crippen MR) is 64.1 cm³/mol. The van der Waals surface area contributed by atoms with Gasteiger partial charge in [-0.2, -0.15) is 10.2 Å². The number of aryl methyl sites for hydroxylation is 1. The molecule has 0 saturated carbocycles. The predicted octanol–water partition coefficient (Wildman–Crippen LogP) is 2.01. The van der Waals surface area contributed by atoms with Gasteiger partial charge in [-0.05, 0) is 36.2 Å². The average Bonchev–Trinajstić information content (AvgIpc) is 2.36. The van der Waals surface area contributed by atoms with Crippen molar-refractivity contribution < 1.29 is 4.39 Å². The highest BCUT2D eigenvalue weighted by Gasteiger charge is 2.14. The van der Waals surface area contributed by atoms with Crippen LogP contribution >= 0.6 is 0 Å². The Morgan fingerprint density at radius 3 is 2.76 bits per heavy atom. The summed E-state index contributed by atoms with van der Waals surface area (Å²) in [6.07, 6.45) is 1.62. The second-order valence-corrected chi connectivity index (χ2v) is 3.95. The van der Waals surface area contributed by atoms with Gasteiger partial charge in [-0.3, -0.25) is 0 Å². The third-order valence-electron chi connectivity index (χ3n) is 2.77. The van der Waals surface area contributed by atoms with E-state index in [4.69, 9.17) is 5.73 Å². The second kappa shape index (κ2) is 5.01. The van der Waals surface area contributed by atoms with Crippen molar-refractivity contribution >= 4 is 0 Å². The fourth-order valence-corrected chi connectivity index (χ4v) is 1.81. The van der Waals surface area contributed by atoms with Gasteiger partial charge in [-0.25, -0.2) is 4.39 Å². The monoisotopic (exact) mass is 231 g/mol. The summed E-state index contributed by atoms with van der Waals surface area (Å²) in [4.78, 5) is 0. The maximum atomic E-state index is 13.2. The van der Waals surface area contributed by atoms with Gasteiger partial charge in [0.2, 0.25) is 0 Å². The minimum absolute atomic E-state index is 0.0389. The Bertz CT molecular complexity index is 499. The first-order valence-electron chi connectivity index (χ1n) is 5.46. The van der Waals surface area contributed by atoms with E-state index in [1.54, 1.807) is 19.2 Å². The molecule has 0 spiro atoms. The smallest absolute Gasteiger partial charge is 0.126 e. The Morgan fingerprint density at radius 1 is 1.35 bits per heavy atom. The molecule has 0 aliphatic heterocycles. The Kier molecular flexibility index (Phi) is 3.44. The third kappa shape index (κ3) is 2.47. The van der Waals surface area contributed by atoms with Crippen molar-refractivity contribution in [1.29, 1.82) is 0 Å². The highest BCUT2D eigenvalue weighted by atomic mass is 19.1. The first-order chi connectivity index (χ1) is 8.22. The summed E-state index contributed by atoms with van der Waals surface area (Å²) in [5.41, 5.74) is 8.15. The van der Waals surface area contributed by atoms with Crippen molar-refractivity contribution in [2.75, 3.05) is 6.54 Å². The van der Waals surface area contributed by atoms with E-state index in [9.17, 15) is 4.39 Å². The molecule has 1 unspecified atom stereocenters. The zero-order valence-electron chi connectivity index (χ0n) is 9.60. The van der Waals surface area contributed by atoms with Crippen LogP contribution in [0.15, 0.2) is 36.5 Å². The van der Waals surface area contributed by atoms with Crippen LogP contribution in [-0.4, -0.2) is 16.7 Å². The number of hydrogen-bond acceptors (Lipinski definition) is 3. The molecule has 0 fully saturated rings. The van der Waals surface area contributed by atoms with Crippen LogP contribution in [0, 0.1) is 12.7 Å². The number of rotatable bonds is 3. The van der Waals surface area contributed by atoms with Crippen molar-refractivity contribution in [3.8, 4) is 0 Å². The van der Waals surface area contributed by atoms with Crippen LogP contribution in [0.25, 0.3) is 0 Å². The summed E-state index contributed by atoms with van der Waals surface area (Å²) in [5, 5.41) is 7.89. The van der Waals surface area contributed by atoms with E-state index in [-0.39, 0.29) is 11.7 Å². The van der Waals surface area contributed by atoms with Gasteiger partial charge in [-0.15, -0.1) is 0 Å². The zero-order chi connectivity index (χ0) is 12.3. The molecule has 1 heterocycles. The molecule has 1 atom stereocenters. The number of hydrogen-bond donors (Lipinski definition) is 1. The summed E-state index contributed by atoms with van der Waals surface area (Å²) in [6.45, 7) is 2.16. The molecular formula is C13H14FN3. The fourth-order valence-electron chi connectivity index (χ4n) is 1.81. The van der Waals surface area contributed by atoms with E-state index in [1.165, 1.54) is 6.07 Å². The van der Waals surface area contributed by atoms with E-state index >= 15 is 0 Å². The quantitative estimate of drug-likeness (QED) is 0.879. The third-order valence-corrected chi connectivity index (χ3v) is 2.77. The van der Waals surface area contributed by atoms with Crippen LogP contribution in [0.4, 0.5) is 4.39 Å². The molecule has 1 aromatic carbocycles. The highest BCUT2D eigenvalue weighted by molar-refractivity contribution is 5.32. The van der Waals surface area contributed by atoms with Crippen molar-refractivity contribution in [1.82, 2.24) is 10.2 Å². The lowest BCUT2D eigenvalue weighted by Gasteiger charge is -2.14. The molecule has 0 radical (unpaired) electrons. The van der Waals surface area contributed by atoms with Gasteiger partial charge in [0.25, 0.3) is 0 Å². The highest BCUT2D eigenvalue weighted by Crippen LogP contribution is 2.23. The van der Waals surface area contributed by atoms with E-state index < -0.39 is 0 Å². The van der Waals surface area contributed by atoms with Gasteiger partial charge < -0.3 is 5.73 Å². The van der Waals surface area contributed by atoms with E-state index in [1.807, 2.05) is 18.2 Å². The van der Waals surface area contributed by atoms with Gasteiger partial charge in [0.15, 0.2) is 0 Å². The average molecular weight is 231 g/mol. The molecule has 0 amide bonds. The SMILES string of the molecule is Cc1cc(C(CN)c2cccnn2)ccc1F. The van der Waals surface area contributed by atoms with E-state index in [2.05, 4.69) is 10.2 Å². The molecule has 3 nitrogen and oxygen atoms in total. The molecule has 1 aromatic heterocycles. The summed E-state index contributed by atoms with van der Waals surface area (Å²) in [6, 6.07) is 8.71. The molecular weight excluding hydrogens is 217 g/mol. The van der Waals surface area contributed by atoms with Crippen molar-refractivity contribution in [2.45, 2.75) is 12.8 Å². The zero-order valence-corrected chi connectivity index (χ0v) is 9.60. The molecule has 17 heavy (non-hydrogen) atoms. The Morgan fingerprint density at radius 2 is 2.18 bits per heavy atom. The number of nitrogens with two attached hydrogens (primary N) is 1. The van der Waals surface area contributed by atoms with Gasteiger partial charge in [0.05, 0.1) is 5.69 Å². The van der Waals surface area contributed by atoms with Crippen molar-refractivity contribution in [2.24, 2.45) is 5.73 Å². The maximum absolute atomic E-state index is 13.2. The number of aromatic nitrogens is 2. The Hall–Kier alpha value is -1.81. The minimum atomic E-state index is -0.205. The van der Waals surface area contributed by atoms with E-state index in [0.717, 1.165) is 11.3 Å². The molecule has 4 heteroatoms. The lowest BCUT2D eigenvalue weighted by molar-refractivity contribution is 0.616. The van der Waals surface area contributed by atoms with E-state index in [0.29, 0.717) is 12.1 Å². The second-order valence-electron chi connectivity index (χ2n) is 3.95. The van der Waals surface area contributed by atoms with Gasteiger partial charge >= 0.3 is 0 Å². The lowest BCUT2D eigenvalue weighted by atomic mass is 9.94. The van der Waals surface area contributed by atoms with Gasteiger partial charge in [0, 0.05) is 18.7 Å². The van der Waals surface area contributed by atoms with Crippen molar-refractivity contribution in [3.63, 3.8) is 0 Å². The first kappa shape index (κ1) is 11.7. The number of nitrogens with zero attached hydrogens (tertiary/aromatic N) is 2. The summed E-state index contributed by atoms with van der Waals surface area (Å²) < 4.78 is 13.2. The Labute approximate surface area is 99.5 Å². The van der Waals surface area contributed by atoms with Crippen LogP contribution in [0.3, 0.4) is 0 Å². The van der Waals surface area contributed by atoms with Crippen LogP contribution in [0.2, 0.25) is 0 Å². The van der Waals surface area contributed by atoms with Crippen LogP contribution in [-0.2, 0) is 0 Å². The summed E-state index contributed by atoms with van der Waals surface area (Å²) >= 11 is 0. The molecule has 2 aromatic rings. The molecule has 2 rings (SSSR count). The van der Waals surface area contributed by atoms with Crippen molar-refractivity contribution in [3.05, 3.63) is 59.2 Å². The first-order valence-corrected chi connectivity index (χ1v) is 5.46. The van der Waals surface area contributed by atoms with Gasteiger partial charge in [0.1, 0.15) is 5.82 Å². The Balaban J connectivity index is 2.39.